The van der Waals surface area contributed by atoms with Gasteiger partial charge in [0.2, 0.25) is 17.8 Å². The molecule has 3 aliphatic rings. The fourth-order valence-electron chi connectivity index (χ4n) is 5.85. The largest absolute Gasteiger partial charge is 0.378 e. The molecule has 0 bridgehead atoms. The molecule has 0 radical (unpaired) electrons. The van der Waals surface area contributed by atoms with Crippen molar-refractivity contribution in [1.82, 2.24) is 39.5 Å². The van der Waals surface area contributed by atoms with Crippen LogP contribution in [0.3, 0.4) is 0 Å². The summed E-state index contributed by atoms with van der Waals surface area (Å²) < 4.78 is 33.8. The van der Waals surface area contributed by atoms with E-state index in [-0.39, 0.29) is 29.8 Å². The summed E-state index contributed by atoms with van der Waals surface area (Å²) in [5, 5.41) is 9.95. The molecule has 1 spiro atoms. The molecule has 0 unspecified atom stereocenters. The predicted molar refractivity (Wildman–Crippen MR) is 145 cm³/mol. The Kier molecular flexibility index (Phi) is 7.28. The minimum Gasteiger partial charge on any atom is -0.378 e. The van der Waals surface area contributed by atoms with Crippen LogP contribution in [0.2, 0.25) is 0 Å². The van der Waals surface area contributed by atoms with E-state index < -0.39 is 6.55 Å². The summed E-state index contributed by atoms with van der Waals surface area (Å²) in [6.45, 7) is 4.50. The maximum atomic E-state index is 13.1. The molecule has 218 valence electrons. The number of anilines is 2. The van der Waals surface area contributed by atoms with E-state index in [0.717, 1.165) is 38.8 Å². The number of ether oxygens (including phenoxy) is 1. The Morgan fingerprint density at radius 1 is 1.20 bits per heavy atom. The normalized spacial score (nSPS) is 19.0. The lowest BCUT2D eigenvalue weighted by Gasteiger charge is -2.53. The lowest BCUT2D eigenvalue weighted by molar-refractivity contribution is -0.140. The van der Waals surface area contributed by atoms with E-state index in [9.17, 15) is 18.4 Å². The van der Waals surface area contributed by atoms with Crippen molar-refractivity contribution >= 4 is 34.7 Å². The number of morpholine rings is 1. The summed E-state index contributed by atoms with van der Waals surface area (Å²) in [5.74, 6) is 0.602. The number of imidazole rings is 1. The van der Waals surface area contributed by atoms with Crippen LogP contribution in [0.1, 0.15) is 32.2 Å². The summed E-state index contributed by atoms with van der Waals surface area (Å²) >= 11 is 0. The third-order valence-corrected chi connectivity index (χ3v) is 8.11. The van der Waals surface area contributed by atoms with Gasteiger partial charge in [0.25, 0.3) is 0 Å². The van der Waals surface area contributed by atoms with Crippen molar-refractivity contribution in [3.8, 4) is 5.69 Å². The summed E-state index contributed by atoms with van der Waals surface area (Å²) in [6, 6.07) is 0.0685. The number of hydrogen-bond donors (Lipinski definition) is 2. The van der Waals surface area contributed by atoms with Crippen molar-refractivity contribution in [3.63, 3.8) is 0 Å². The minimum atomic E-state index is -2.77. The minimum absolute atomic E-state index is 0.0197. The maximum absolute atomic E-state index is 13.1. The number of carbonyl (C=O) groups is 2. The van der Waals surface area contributed by atoms with Gasteiger partial charge in [-0.15, -0.1) is 0 Å². The molecule has 0 atom stereocenters. The van der Waals surface area contributed by atoms with E-state index in [1.165, 1.54) is 24.8 Å². The van der Waals surface area contributed by atoms with Crippen molar-refractivity contribution < 1.29 is 23.1 Å². The number of likely N-dealkylation sites (tertiary alicyclic amines) is 1. The van der Waals surface area contributed by atoms with E-state index in [4.69, 9.17) is 4.74 Å². The Bertz CT molecular complexity index is 1430. The molecular weight excluding hydrogens is 538 g/mol. The van der Waals surface area contributed by atoms with E-state index >= 15 is 0 Å². The second kappa shape index (κ2) is 11.0. The number of nitrogens with one attached hydrogen (secondary N) is 2. The van der Waals surface area contributed by atoms with Crippen LogP contribution in [0.15, 0.2) is 31.4 Å². The van der Waals surface area contributed by atoms with E-state index in [1.807, 2.05) is 9.80 Å². The smallest absolute Gasteiger partial charge is 0.333 e. The Morgan fingerprint density at radius 3 is 2.63 bits per heavy atom. The van der Waals surface area contributed by atoms with Gasteiger partial charge in [-0.05, 0) is 31.8 Å². The molecule has 2 N–H and O–H groups in total. The first-order valence-electron chi connectivity index (χ1n) is 13.7. The van der Waals surface area contributed by atoms with Crippen LogP contribution in [0.4, 0.5) is 20.5 Å². The van der Waals surface area contributed by atoms with Crippen molar-refractivity contribution in [3.05, 3.63) is 31.4 Å². The number of fused-ring (bicyclic) bond motifs is 1. The average molecular weight is 571 g/mol. The van der Waals surface area contributed by atoms with Crippen LogP contribution >= 0.6 is 0 Å². The summed E-state index contributed by atoms with van der Waals surface area (Å²) in [5.41, 5.74) is 1.34. The van der Waals surface area contributed by atoms with E-state index in [1.54, 1.807) is 4.57 Å². The highest BCUT2D eigenvalue weighted by Crippen LogP contribution is 2.44. The molecule has 41 heavy (non-hydrogen) atoms. The molecule has 1 aliphatic carbocycles. The first kappa shape index (κ1) is 27.1. The number of hydrogen-bond acceptors (Lipinski definition) is 9. The van der Waals surface area contributed by atoms with Gasteiger partial charge in [-0.1, -0.05) is 6.58 Å². The van der Waals surface area contributed by atoms with Crippen molar-refractivity contribution in [2.45, 2.75) is 38.3 Å². The highest BCUT2D eigenvalue weighted by Gasteiger charge is 2.46. The number of rotatable bonds is 8. The number of aromatic nitrogens is 6. The van der Waals surface area contributed by atoms with Gasteiger partial charge in [0, 0.05) is 37.6 Å². The quantitative estimate of drug-likeness (QED) is 0.388. The van der Waals surface area contributed by atoms with Gasteiger partial charge in [0.1, 0.15) is 6.33 Å². The van der Waals surface area contributed by atoms with Crippen LogP contribution in [0.25, 0.3) is 16.9 Å². The first-order valence-corrected chi connectivity index (χ1v) is 13.7. The van der Waals surface area contributed by atoms with Crippen molar-refractivity contribution in [2.24, 2.45) is 5.41 Å². The highest BCUT2D eigenvalue weighted by atomic mass is 19.3. The van der Waals surface area contributed by atoms with Crippen LogP contribution in [-0.4, -0.2) is 98.0 Å². The maximum Gasteiger partial charge on any atom is 0.333 e. The molecule has 5 heterocycles. The SMILES string of the molecule is C=CC(=O)N1CC2(CCC(NC(=O)CNc3nc(N4CCOCC4)nc4c3ncn4-c3cnn(C(F)F)c3)CC2)C1. The second-order valence-corrected chi connectivity index (χ2v) is 10.8. The number of amides is 2. The zero-order valence-corrected chi connectivity index (χ0v) is 22.5. The lowest BCUT2D eigenvalue weighted by atomic mass is 9.67. The van der Waals surface area contributed by atoms with Gasteiger partial charge in [-0.2, -0.15) is 23.8 Å². The summed E-state index contributed by atoms with van der Waals surface area (Å²) in [7, 11) is 0. The van der Waals surface area contributed by atoms with Gasteiger partial charge >= 0.3 is 6.55 Å². The van der Waals surface area contributed by atoms with Gasteiger partial charge in [-0.25, -0.2) is 9.67 Å². The van der Waals surface area contributed by atoms with Gasteiger partial charge < -0.3 is 25.2 Å². The molecule has 2 aliphatic heterocycles. The third-order valence-electron chi connectivity index (χ3n) is 8.11. The Morgan fingerprint density at radius 2 is 1.95 bits per heavy atom. The molecule has 15 heteroatoms. The molecule has 3 aromatic rings. The fourth-order valence-corrected chi connectivity index (χ4v) is 5.85. The Balaban J connectivity index is 1.14. The topological polar surface area (TPSA) is 135 Å². The van der Waals surface area contributed by atoms with Crippen LogP contribution in [-0.2, 0) is 14.3 Å². The molecule has 1 saturated carbocycles. The van der Waals surface area contributed by atoms with Crippen molar-refractivity contribution in [1.29, 1.82) is 0 Å². The van der Waals surface area contributed by atoms with Crippen LogP contribution in [0.5, 0.6) is 0 Å². The highest BCUT2D eigenvalue weighted by molar-refractivity contribution is 5.89. The Hall–Kier alpha value is -4.14. The molecule has 0 aromatic carbocycles. The number of carbonyl (C=O) groups excluding carboxylic acids is 2. The summed E-state index contributed by atoms with van der Waals surface area (Å²) in [4.78, 5) is 42.3. The van der Waals surface area contributed by atoms with Gasteiger partial charge in [0.05, 0.1) is 37.8 Å². The second-order valence-electron chi connectivity index (χ2n) is 10.8. The molecule has 2 saturated heterocycles. The standard InChI is InChI=1S/C26H32F2N10O3/c1-2-20(40)36-14-26(15-36)5-3-17(4-6-26)32-19(39)12-29-22-21-23(34-25(33-22)35-7-9-41-10-8-35)37(16-30-21)18-11-31-38(13-18)24(27)28/h2,11,13,16-17,24H,1,3-10,12,14-15H2,(H,32,39)(H,29,33,34). The first-order chi connectivity index (χ1) is 19.8. The number of nitrogens with zero attached hydrogens (tertiary/aromatic N) is 8. The van der Waals surface area contributed by atoms with Gasteiger partial charge in [-0.3, -0.25) is 14.2 Å². The van der Waals surface area contributed by atoms with Crippen molar-refractivity contribution in [2.75, 3.05) is 56.2 Å². The zero-order valence-electron chi connectivity index (χ0n) is 22.5. The fraction of sp³-hybridized carbons (Fsp3) is 0.538. The number of halogens is 2. The third kappa shape index (κ3) is 5.45. The predicted octanol–water partition coefficient (Wildman–Crippen LogP) is 1.73. The lowest BCUT2D eigenvalue weighted by Crippen LogP contribution is -2.60. The van der Waals surface area contributed by atoms with E-state index in [0.29, 0.717) is 59.6 Å². The Labute approximate surface area is 234 Å². The summed E-state index contributed by atoms with van der Waals surface area (Å²) in [6.07, 6.45) is 9.00. The molecule has 6 rings (SSSR count). The zero-order chi connectivity index (χ0) is 28.6. The molecule has 2 amide bonds. The molecule has 13 nitrogen and oxygen atoms in total. The molecule has 3 fully saturated rings. The number of alkyl halides is 2. The van der Waals surface area contributed by atoms with Crippen LogP contribution in [0, 0.1) is 5.41 Å². The van der Waals surface area contributed by atoms with Gasteiger partial charge in [0.15, 0.2) is 17.0 Å². The average Bonchev–Trinajstić information content (AvgIpc) is 3.63. The molecular formula is C26H32F2N10O3. The monoisotopic (exact) mass is 570 g/mol. The molecule has 3 aromatic heterocycles. The van der Waals surface area contributed by atoms with Crippen LogP contribution < -0.4 is 15.5 Å². The van der Waals surface area contributed by atoms with E-state index in [2.05, 4.69) is 37.3 Å².